The third-order valence-corrected chi connectivity index (χ3v) is 5.57. The van der Waals surface area contributed by atoms with Crippen molar-refractivity contribution in [2.75, 3.05) is 19.6 Å². The lowest BCUT2D eigenvalue weighted by molar-refractivity contribution is 0.180. The molecule has 1 aliphatic carbocycles. The molecule has 1 saturated carbocycles. The minimum atomic E-state index is -0.00594. The van der Waals surface area contributed by atoms with E-state index in [0.717, 1.165) is 37.9 Å². The molecule has 4 rings (SSSR count). The van der Waals surface area contributed by atoms with E-state index in [0.29, 0.717) is 25.7 Å². The van der Waals surface area contributed by atoms with Crippen molar-refractivity contribution in [3.63, 3.8) is 0 Å². The first kappa shape index (κ1) is 17.8. The van der Waals surface area contributed by atoms with Crippen LogP contribution in [0.2, 0.25) is 0 Å². The van der Waals surface area contributed by atoms with Crippen LogP contribution in [0, 0.1) is 0 Å². The SMILES string of the molecule is Cn1nc(C2CCN(C(=O)NCCc3ccccc3)CC2)n(C2CC2)c1=O. The summed E-state index contributed by atoms with van der Waals surface area (Å²) in [5.74, 6) is 1.17. The normalized spacial score (nSPS) is 17.9. The first-order chi connectivity index (χ1) is 13.1. The molecule has 7 heteroatoms. The van der Waals surface area contributed by atoms with Crippen LogP contribution in [0.1, 0.15) is 49.0 Å². The third-order valence-electron chi connectivity index (χ3n) is 5.57. The second-order valence-corrected chi connectivity index (χ2v) is 7.59. The molecule has 2 aliphatic rings. The Morgan fingerprint density at radius 1 is 1.15 bits per heavy atom. The molecule has 1 N–H and O–H groups in total. The number of likely N-dealkylation sites (tertiary alicyclic amines) is 1. The van der Waals surface area contributed by atoms with Crippen molar-refractivity contribution in [3.8, 4) is 0 Å². The standard InChI is InChI=1S/C20H27N5O2/c1-23-20(27)25(17-7-8-17)18(22-23)16-10-13-24(14-11-16)19(26)21-12-9-15-5-3-2-4-6-15/h2-6,16-17H,7-14H2,1H3,(H,21,26). The summed E-state index contributed by atoms with van der Waals surface area (Å²) in [6.45, 7) is 2.05. The van der Waals surface area contributed by atoms with Crippen LogP contribution in [0.15, 0.2) is 35.1 Å². The van der Waals surface area contributed by atoms with Gasteiger partial charge in [0.1, 0.15) is 5.82 Å². The highest BCUT2D eigenvalue weighted by atomic mass is 16.2. The molecular weight excluding hydrogens is 342 g/mol. The fourth-order valence-electron chi connectivity index (χ4n) is 3.86. The summed E-state index contributed by atoms with van der Waals surface area (Å²) in [7, 11) is 1.72. The van der Waals surface area contributed by atoms with Crippen LogP contribution in [0.4, 0.5) is 4.79 Å². The number of aryl methyl sites for hydroxylation is 1. The summed E-state index contributed by atoms with van der Waals surface area (Å²) >= 11 is 0. The van der Waals surface area contributed by atoms with Gasteiger partial charge in [0.15, 0.2) is 0 Å². The number of urea groups is 1. The van der Waals surface area contributed by atoms with Crippen LogP contribution in [-0.2, 0) is 13.5 Å². The fourth-order valence-corrected chi connectivity index (χ4v) is 3.86. The van der Waals surface area contributed by atoms with Gasteiger partial charge in [-0.05, 0) is 37.7 Å². The Kier molecular flexibility index (Phi) is 5.01. The number of nitrogens with one attached hydrogen (secondary N) is 1. The second kappa shape index (κ2) is 7.58. The van der Waals surface area contributed by atoms with Gasteiger partial charge < -0.3 is 10.2 Å². The molecule has 0 atom stereocenters. The van der Waals surface area contributed by atoms with E-state index >= 15 is 0 Å². The average molecular weight is 369 g/mol. The topological polar surface area (TPSA) is 72.2 Å². The van der Waals surface area contributed by atoms with Gasteiger partial charge >= 0.3 is 11.7 Å². The third kappa shape index (κ3) is 3.91. The number of hydrogen-bond donors (Lipinski definition) is 1. The Bertz CT molecular complexity index is 845. The van der Waals surface area contributed by atoms with Crippen molar-refractivity contribution in [1.29, 1.82) is 0 Å². The monoisotopic (exact) mass is 369 g/mol. The van der Waals surface area contributed by atoms with Crippen molar-refractivity contribution in [3.05, 3.63) is 52.2 Å². The highest BCUT2D eigenvalue weighted by Crippen LogP contribution is 2.37. The van der Waals surface area contributed by atoms with E-state index in [1.54, 1.807) is 7.05 Å². The minimum Gasteiger partial charge on any atom is -0.338 e. The zero-order valence-corrected chi connectivity index (χ0v) is 15.8. The van der Waals surface area contributed by atoms with Crippen LogP contribution in [-0.4, -0.2) is 44.9 Å². The predicted molar refractivity (Wildman–Crippen MR) is 103 cm³/mol. The molecule has 0 spiro atoms. The van der Waals surface area contributed by atoms with Crippen LogP contribution < -0.4 is 11.0 Å². The van der Waals surface area contributed by atoms with Crippen molar-refractivity contribution >= 4 is 6.03 Å². The maximum absolute atomic E-state index is 12.4. The molecule has 1 aromatic heterocycles. The molecule has 2 fully saturated rings. The Morgan fingerprint density at radius 2 is 1.85 bits per heavy atom. The molecule has 0 radical (unpaired) electrons. The summed E-state index contributed by atoms with van der Waals surface area (Å²) < 4.78 is 3.34. The summed E-state index contributed by atoms with van der Waals surface area (Å²) in [6, 6.07) is 10.5. The molecule has 2 aromatic rings. The lowest BCUT2D eigenvalue weighted by atomic mass is 9.96. The molecule has 1 aliphatic heterocycles. The minimum absolute atomic E-state index is 0.00462. The number of amides is 2. The van der Waals surface area contributed by atoms with E-state index < -0.39 is 0 Å². The summed E-state index contributed by atoms with van der Waals surface area (Å²) in [5, 5.41) is 7.52. The van der Waals surface area contributed by atoms with Gasteiger partial charge in [-0.15, -0.1) is 0 Å². The smallest absolute Gasteiger partial charge is 0.338 e. The molecule has 144 valence electrons. The largest absolute Gasteiger partial charge is 0.345 e. The van der Waals surface area contributed by atoms with Gasteiger partial charge in [0.05, 0.1) is 0 Å². The zero-order chi connectivity index (χ0) is 18.8. The summed E-state index contributed by atoms with van der Waals surface area (Å²) in [6.07, 6.45) is 4.69. The van der Waals surface area contributed by atoms with Crippen LogP contribution in [0.3, 0.4) is 0 Å². The van der Waals surface area contributed by atoms with Gasteiger partial charge in [-0.3, -0.25) is 4.57 Å². The molecule has 1 saturated heterocycles. The van der Waals surface area contributed by atoms with Gasteiger partial charge in [0, 0.05) is 38.6 Å². The Morgan fingerprint density at radius 3 is 2.52 bits per heavy atom. The molecule has 27 heavy (non-hydrogen) atoms. The van der Waals surface area contributed by atoms with Crippen LogP contribution >= 0.6 is 0 Å². The molecule has 7 nitrogen and oxygen atoms in total. The van der Waals surface area contributed by atoms with Crippen molar-refractivity contribution < 1.29 is 4.79 Å². The number of piperidine rings is 1. The number of rotatable bonds is 5. The van der Waals surface area contributed by atoms with Crippen LogP contribution in [0.5, 0.6) is 0 Å². The fraction of sp³-hybridized carbons (Fsp3) is 0.550. The maximum atomic E-state index is 12.4. The van der Waals surface area contributed by atoms with Gasteiger partial charge in [0.2, 0.25) is 0 Å². The zero-order valence-electron chi connectivity index (χ0n) is 15.8. The van der Waals surface area contributed by atoms with E-state index in [-0.39, 0.29) is 17.6 Å². The quantitative estimate of drug-likeness (QED) is 0.877. The van der Waals surface area contributed by atoms with E-state index in [4.69, 9.17) is 0 Å². The first-order valence-electron chi connectivity index (χ1n) is 9.85. The van der Waals surface area contributed by atoms with Gasteiger partial charge in [-0.1, -0.05) is 30.3 Å². The average Bonchev–Trinajstić information content (AvgIpc) is 3.48. The first-order valence-corrected chi connectivity index (χ1v) is 9.85. The molecule has 0 bridgehead atoms. The Balaban J connectivity index is 1.29. The number of hydrogen-bond acceptors (Lipinski definition) is 3. The number of nitrogens with zero attached hydrogens (tertiary/aromatic N) is 4. The van der Waals surface area contributed by atoms with Gasteiger partial charge in [-0.25, -0.2) is 14.3 Å². The Labute approximate surface area is 159 Å². The lowest BCUT2D eigenvalue weighted by Gasteiger charge is -2.31. The summed E-state index contributed by atoms with van der Waals surface area (Å²) in [4.78, 5) is 26.6. The Hall–Kier alpha value is -2.57. The number of carbonyl (C=O) groups excluding carboxylic acids is 1. The van der Waals surface area contributed by atoms with Gasteiger partial charge in [-0.2, -0.15) is 5.10 Å². The highest BCUT2D eigenvalue weighted by molar-refractivity contribution is 5.74. The van der Waals surface area contributed by atoms with E-state index in [2.05, 4.69) is 22.5 Å². The molecule has 2 heterocycles. The maximum Gasteiger partial charge on any atom is 0.345 e. The molecule has 0 unspecified atom stereocenters. The number of benzene rings is 1. The van der Waals surface area contributed by atoms with Crippen molar-refractivity contribution in [2.24, 2.45) is 7.05 Å². The highest BCUT2D eigenvalue weighted by Gasteiger charge is 2.34. The number of carbonyl (C=O) groups is 1. The molecule has 1 aromatic carbocycles. The number of aromatic nitrogens is 3. The summed E-state index contributed by atoms with van der Waals surface area (Å²) in [5.41, 5.74) is 1.22. The van der Waals surface area contributed by atoms with Crippen LogP contribution in [0.25, 0.3) is 0 Å². The van der Waals surface area contributed by atoms with Crippen molar-refractivity contribution in [2.45, 2.75) is 44.1 Å². The molecular formula is C20H27N5O2. The lowest BCUT2D eigenvalue weighted by Crippen LogP contribution is -2.45. The van der Waals surface area contributed by atoms with Crippen molar-refractivity contribution in [1.82, 2.24) is 24.6 Å². The second-order valence-electron chi connectivity index (χ2n) is 7.59. The molecule has 2 amide bonds. The van der Waals surface area contributed by atoms with E-state index in [1.165, 1.54) is 10.2 Å². The van der Waals surface area contributed by atoms with E-state index in [9.17, 15) is 9.59 Å². The van der Waals surface area contributed by atoms with Gasteiger partial charge in [0.25, 0.3) is 0 Å². The predicted octanol–water partition coefficient (Wildman–Crippen LogP) is 2.05. The van der Waals surface area contributed by atoms with E-state index in [1.807, 2.05) is 27.7 Å².